The normalized spacial score (nSPS) is 10.0. The molecule has 0 bridgehead atoms. The summed E-state index contributed by atoms with van der Waals surface area (Å²) in [4.78, 5) is 4.05. The summed E-state index contributed by atoms with van der Waals surface area (Å²) in [5, 5.41) is 0. The molecule has 1 nitrogen and oxygen atoms in total. The van der Waals surface area contributed by atoms with E-state index in [0.29, 0.717) is 0 Å². The summed E-state index contributed by atoms with van der Waals surface area (Å²) >= 11 is 0. The Balaban J connectivity index is 2.43. The average Bonchev–Trinajstić information content (AvgIpc) is 2.03. The Bertz CT molecular complexity index is 174. The van der Waals surface area contributed by atoms with Gasteiger partial charge in [0.25, 0.3) is 0 Å². The number of hydrogen-bond acceptors (Lipinski definition) is 1. The molecule has 0 fully saturated rings. The van der Waals surface area contributed by atoms with Crippen molar-refractivity contribution in [2.24, 2.45) is 0 Å². The Kier molecular flexibility index (Phi) is 3.16. The Hall–Kier alpha value is -0.633. The predicted molar refractivity (Wildman–Crippen MR) is 47.3 cm³/mol. The van der Waals surface area contributed by atoms with Crippen LogP contribution in [0, 0.1) is 0 Å². The van der Waals surface area contributed by atoms with Gasteiger partial charge in [0, 0.05) is 22.6 Å². The Morgan fingerprint density at radius 1 is 1.50 bits per heavy atom. The van der Waals surface area contributed by atoms with Crippen molar-refractivity contribution in [3.05, 3.63) is 30.1 Å². The van der Waals surface area contributed by atoms with Crippen LogP contribution in [0.3, 0.4) is 0 Å². The minimum absolute atomic E-state index is 1.21. The summed E-state index contributed by atoms with van der Waals surface area (Å²) in [6.45, 7) is 0. The molecule has 0 radical (unpaired) electrons. The molecule has 54 valence electrons. The van der Waals surface area contributed by atoms with E-state index in [1.54, 1.807) is 0 Å². The van der Waals surface area contributed by atoms with E-state index in [9.17, 15) is 0 Å². The third-order valence-corrected chi connectivity index (χ3v) is 2.25. The minimum atomic E-state index is 1.21. The molecule has 1 rings (SSSR count). The number of aromatic nitrogens is 1. The van der Waals surface area contributed by atoms with Gasteiger partial charge >= 0.3 is 0 Å². The van der Waals surface area contributed by atoms with Crippen LogP contribution in [0.25, 0.3) is 0 Å². The quantitative estimate of drug-likeness (QED) is 0.582. The van der Waals surface area contributed by atoms with Gasteiger partial charge in [0.05, 0.1) is 0 Å². The van der Waals surface area contributed by atoms with E-state index in [-0.39, 0.29) is 0 Å². The average molecular weight is 151 g/mol. The van der Waals surface area contributed by atoms with Crippen molar-refractivity contribution >= 4 is 10.2 Å². The van der Waals surface area contributed by atoms with Crippen molar-refractivity contribution in [1.29, 1.82) is 0 Å². The number of rotatable bonds is 3. The molecule has 0 amide bonds. The highest BCUT2D eigenvalue weighted by molar-refractivity contribution is 6.08. The van der Waals surface area contributed by atoms with Crippen molar-refractivity contribution in [2.75, 3.05) is 0 Å². The van der Waals surface area contributed by atoms with Crippen LogP contribution < -0.4 is 0 Å². The fourth-order valence-electron chi connectivity index (χ4n) is 0.927. The van der Waals surface area contributed by atoms with E-state index in [4.69, 9.17) is 0 Å². The first-order valence-electron chi connectivity index (χ1n) is 3.82. The van der Waals surface area contributed by atoms with Crippen molar-refractivity contribution in [2.45, 2.75) is 18.9 Å². The monoisotopic (exact) mass is 151 g/mol. The molecule has 0 aromatic carbocycles. The second-order valence-corrected chi connectivity index (χ2v) is 3.46. The zero-order valence-electron chi connectivity index (χ0n) is 6.38. The topological polar surface area (TPSA) is 12.9 Å². The summed E-state index contributed by atoms with van der Waals surface area (Å²) in [7, 11) is 1.33. The van der Waals surface area contributed by atoms with E-state index in [2.05, 4.69) is 11.1 Å². The minimum Gasteiger partial charge on any atom is -0.264 e. The maximum Gasteiger partial charge on any atom is 0.0299 e. The maximum atomic E-state index is 4.05. The fraction of sp³-hybridized carbons (Fsp3) is 0.375. The molecule has 0 aliphatic heterocycles. The van der Waals surface area contributed by atoms with Crippen molar-refractivity contribution in [3.63, 3.8) is 0 Å². The molecule has 0 aliphatic rings. The lowest BCUT2D eigenvalue weighted by molar-refractivity contribution is 0.911. The smallest absolute Gasteiger partial charge is 0.0299 e. The largest absolute Gasteiger partial charge is 0.264 e. The highest BCUT2D eigenvalue weighted by Crippen LogP contribution is 2.00. The summed E-state index contributed by atoms with van der Waals surface area (Å²) in [5.41, 5.74) is 1.37. The van der Waals surface area contributed by atoms with Gasteiger partial charge in [0.2, 0.25) is 0 Å². The van der Waals surface area contributed by atoms with Crippen LogP contribution in [0.2, 0.25) is 6.04 Å². The lowest BCUT2D eigenvalue weighted by atomic mass is 10.2. The lowest BCUT2D eigenvalue weighted by Crippen LogP contribution is -1.84. The molecule has 1 heterocycles. The van der Waals surface area contributed by atoms with Gasteiger partial charge in [-0.25, -0.2) is 0 Å². The van der Waals surface area contributed by atoms with E-state index in [0.717, 1.165) is 0 Å². The van der Waals surface area contributed by atoms with E-state index in [1.165, 1.54) is 34.7 Å². The molecule has 0 aliphatic carbocycles. The van der Waals surface area contributed by atoms with Gasteiger partial charge in [-0.05, 0) is 18.1 Å². The van der Waals surface area contributed by atoms with Crippen LogP contribution in [0.4, 0.5) is 0 Å². The molecule has 1 aromatic heterocycles. The Morgan fingerprint density at radius 2 is 2.40 bits per heavy atom. The van der Waals surface area contributed by atoms with Crippen LogP contribution in [0.15, 0.2) is 24.5 Å². The maximum absolute atomic E-state index is 4.05. The molecule has 0 unspecified atom stereocenters. The van der Waals surface area contributed by atoms with Gasteiger partial charge in [-0.1, -0.05) is 18.5 Å². The summed E-state index contributed by atoms with van der Waals surface area (Å²) in [6, 6.07) is 5.54. The van der Waals surface area contributed by atoms with Gasteiger partial charge in [0.15, 0.2) is 0 Å². The highest BCUT2D eigenvalue weighted by Gasteiger charge is 1.88. The Morgan fingerprint density at radius 3 is 3.00 bits per heavy atom. The summed E-state index contributed by atoms with van der Waals surface area (Å²) in [6.07, 6.45) is 6.32. The first-order chi connectivity index (χ1) is 4.93. The molecule has 0 N–H and O–H groups in total. The SMILES string of the molecule is [SiH3]CCCc1cccnc1. The molecular weight excluding hydrogens is 138 g/mol. The van der Waals surface area contributed by atoms with E-state index >= 15 is 0 Å². The van der Waals surface area contributed by atoms with Crippen molar-refractivity contribution in [1.82, 2.24) is 4.98 Å². The van der Waals surface area contributed by atoms with Crippen LogP contribution in [-0.4, -0.2) is 15.2 Å². The van der Waals surface area contributed by atoms with E-state index < -0.39 is 0 Å². The Labute approximate surface area is 64.9 Å². The molecular formula is C8H13NSi. The van der Waals surface area contributed by atoms with Gasteiger partial charge in [-0.3, -0.25) is 4.98 Å². The summed E-state index contributed by atoms with van der Waals surface area (Å²) < 4.78 is 0. The lowest BCUT2D eigenvalue weighted by Gasteiger charge is -1.95. The highest BCUT2D eigenvalue weighted by atomic mass is 28.1. The fourth-order valence-corrected chi connectivity index (χ4v) is 1.28. The van der Waals surface area contributed by atoms with Crippen LogP contribution in [0.1, 0.15) is 12.0 Å². The molecule has 1 aromatic rings. The first-order valence-corrected chi connectivity index (χ1v) is 5.24. The van der Waals surface area contributed by atoms with E-state index in [1.807, 2.05) is 18.5 Å². The molecule has 0 saturated heterocycles. The van der Waals surface area contributed by atoms with Gasteiger partial charge in [-0.15, -0.1) is 0 Å². The van der Waals surface area contributed by atoms with Crippen LogP contribution in [-0.2, 0) is 6.42 Å². The molecule has 0 saturated carbocycles. The third-order valence-electron chi connectivity index (χ3n) is 1.54. The van der Waals surface area contributed by atoms with Gasteiger partial charge in [-0.2, -0.15) is 0 Å². The number of hydrogen-bond donors (Lipinski definition) is 0. The number of pyridine rings is 1. The van der Waals surface area contributed by atoms with Crippen LogP contribution >= 0.6 is 0 Å². The molecule has 0 spiro atoms. The van der Waals surface area contributed by atoms with Crippen molar-refractivity contribution in [3.8, 4) is 0 Å². The van der Waals surface area contributed by atoms with Crippen LogP contribution in [0.5, 0.6) is 0 Å². The third kappa shape index (κ3) is 2.31. The zero-order chi connectivity index (χ0) is 7.23. The second-order valence-electron chi connectivity index (χ2n) is 2.46. The number of nitrogens with zero attached hydrogens (tertiary/aromatic N) is 1. The van der Waals surface area contributed by atoms with Gasteiger partial charge in [0.1, 0.15) is 0 Å². The molecule has 10 heavy (non-hydrogen) atoms. The molecule has 0 atom stereocenters. The van der Waals surface area contributed by atoms with Crippen molar-refractivity contribution < 1.29 is 0 Å². The first kappa shape index (κ1) is 7.47. The zero-order valence-corrected chi connectivity index (χ0v) is 8.38. The predicted octanol–water partition coefficient (Wildman–Crippen LogP) is 0.798. The number of aryl methyl sites for hydroxylation is 1. The second kappa shape index (κ2) is 4.23. The standard InChI is InChI=1S/C8H13NSi/c10-6-2-4-8-3-1-5-9-7-8/h1,3,5,7H,2,4,6H2,10H3. The van der Waals surface area contributed by atoms with Gasteiger partial charge < -0.3 is 0 Å². The summed E-state index contributed by atoms with van der Waals surface area (Å²) in [5.74, 6) is 0. The molecule has 2 heteroatoms.